The molecule has 2 rings (SSSR count). The highest BCUT2D eigenvalue weighted by molar-refractivity contribution is 6.31. The van der Waals surface area contributed by atoms with Crippen molar-refractivity contribution in [2.75, 3.05) is 0 Å². The average Bonchev–Trinajstić information content (AvgIpc) is 2.39. The van der Waals surface area contributed by atoms with Crippen LogP contribution < -0.4 is 0 Å². The van der Waals surface area contributed by atoms with Crippen LogP contribution in [-0.2, 0) is 6.42 Å². The molecule has 0 N–H and O–H groups in total. The highest BCUT2D eigenvalue weighted by Gasteiger charge is 2.22. The lowest BCUT2D eigenvalue weighted by Gasteiger charge is -2.03. The fourth-order valence-corrected chi connectivity index (χ4v) is 2.07. The SMILES string of the molecule is N#CC1CCc2ccc(Cl)cc2C(=O)C1. The third-order valence-electron chi connectivity index (χ3n) is 2.75. The largest absolute Gasteiger partial charge is 0.294 e. The van der Waals surface area contributed by atoms with Gasteiger partial charge in [-0.25, -0.2) is 0 Å². The number of halogens is 1. The first-order chi connectivity index (χ1) is 7.20. The molecule has 15 heavy (non-hydrogen) atoms. The minimum atomic E-state index is -0.149. The number of rotatable bonds is 0. The molecular formula is C12H10ClNO. The lowest BCUT2D eigenvalue weighted by Crippen LogP contribution is -2.04. The monoisotopic (exact) mass is 219 g/mol. The molecule has 0 heterocycles. The Hall–Kier alpha value is -1.33. The smallest absolute Gasteiger partial charge is 0.164 e. The van der Waals surface area contributed by atoms with Crippen molar-refractivity contribution < 1.29 is 4.79 Å². The summed E-state index contributed by atoms with van der Waals surface area (Å²) in [6, 6.07) is 7.55. The van der Waals surface area contributed by atoms with Crippen molar-refractivity contribution in [3.63, 3.8) is 0 Å². The van der Waals surface area contributed by atoms with E-state index in [1.54, 1.807) is 12.1 Å². The van der Waals surface area contributed by atoms with E-state index in [1.165, 1.54) is 0 Å². The molecule has 2 nitrogen and oxygen atoms in total. The van der Waals surface area contributed by atoms with Crippen molar-refractivity contribution in [3.8, 4) is 6.07 Å². The van der Waals surface area contributed by atoms with Crippen LogP contribution in [0.3, 0.4) is 0 Å². The molecule has 1 aliphatic rings. The first-order valence-electron chi connectivity index (χ1n) is 4.92. The van der Waals surface area contributed by atoms with Crippen molar-refractivity contribution in [2.45, 2.75) is 19.3 Å². The number of hydrogen-bond donors (Lipinski definition) is 0. The van der Waals surface area contributed by atoms with Crippen molar-refractivity contribution in [1.29, 1.82) is 5.26 Å². The van der Waals surface area contributed by atoms with Gasteiger partial charge in [0.25, 0.3) is 0 Å². The number of fused-ring (bicyclic) bond motifs is 1. The van der Waals surface area contributed by atoms with Crippen LogP contribution in [0.2, 0.25) is 5.02 Å². The minimum Gasteiger partial charge on any atom is -0.294 e. The zero-order chi connectivity index (χ0) is 10.8. The fraction of sp³-hybridized carbons (Fsp3) is 0.333. The van der Waals surface area contributed by atoms with E-state index in [2.05, 4.69) is 6.07 Å². The first-order valence-corrected chi connectivity index (χ1v) is 5.29. The number of nitrogens with zero attached hydrogens (tertiary/aromatic N) is 1. The number of hydrogen-bond acceptors (Lipinski definition) is 2. The van der Waals surface area contributed by atoms with Gasteiger partial charge in [-0.2, -0.15) is 5.26 Å². The molecule has 0 fully saturated rings. The van der Waals surface area contributed by atoms with Crippen LogP contribution in [-0.4, -0.2) is 5.78 Å². The Morgan fingerprint density at radius 1 is 1.47 bits per heavy atom. The molecule has 0 bridgehead atoms. The molecule has 0 aromatic heterocycles. The molecular weight excluding hydrogens is 210 g/mol. The molecule has 1 aliphatic carbocycles. The average molecular weight is 220 g/mol. The van der Waals surface area contributed by atoms with E-state index < -0.39 is 0 Å². The Kier molecular flexibility index (Phi) is 2.75. The van der Waals surface area contributed by atoms with Crippen LogP contribution in [0.4, 0.5) is 0 Å². The van der Waals surface area contributed by atoms with Crippen LogP contribution in [0.1, 0.15) is 28.8 Å². The normalized spacial score (nSPS) is 20.3. The van der Waals surface area contributed by atoms with Crippen LogP contribution in [0.25, 0.3) is 0 Å². The Bertz CT molecular complexity index is 447. The number of carbonyl (C=O) groups excluding carboxylic acids is 1. The molecule has 76 valence electrons. The van der Waals surface area contributed by atoms with Gasteiger partial charge >= 0.3 is 0 Å². The summed E-state index contributed by atoms with van der Waals surface area (Å²) in [6.45, 7) is 0. The highest BCUT2D eigenvalue weighted by Crippen LogP contribution is 2.26. The molecule has 1 aromatic carbocycles. The lowest BCUT2D eigenvalue weighted by molar-refractivity contribution is 0.0972. The summed E-state index contributed by atoms with van der Waals surface area (Å²) < 4.78 is 0. The predicted octanol–water partition coefficient (Wildman–Crippen LogP) is 3.00. The summed E-state index contributed by atoms with van der Waals surface area (Å²) in [5.74, 6) is -0.111. The van der Waals surface area contributed by atoms with Crippen LogP contribution in [0.15, 0.2) is 18.2 Å². The molecule has 0 radical (unpaired) electrons. The zero-order valence-electron chi connectivity index (χ0n) is 8.16. The van der Waals surface area contributed by atoms with Gasteiger partial charge in [0.2, 0.25) is 0 Å². The summed E-state index contributed by atoms with van der Waals surface area (Å²) >= 11 is 5.85. The second kappa shape index (κ2) is 4.04. The van der Waals surface area contributed by atoms with Gasteiger partial charge < -0.3 is 0 Å². The summed E-state index contributed by atoms with van der Waals surface area (Å²) in [5, 5.41) is 9.42. The number of carbonyl (C=O) groups is 1. The summed E-state index contributed by atoms with van der Waals surface area (Å²) in [4.78, 5) is 11.8. The molecule has 0 aliphatic heterocycles. The molecule has 1 aromatic rings. The third-order valence-corrected chi connectivity index (χ3v) is 2.98. The maximum atomic E-state index is 11.8. The van der Waals surface area contributed by atoms with E-state index in [0.717, 1.165) is 18.4 Å². The van der Waals surface area contributed by atoms with Gasteiger partial charge in [-0.05, 0) is 30.5 Å². The van der Waals surface area contributed by atoms with E-state index in [4.69, 9.17) is 16.9 Å². The Morgan fingerprint density at radius 3 is 3.00 bits per heavy atom. The fourth-order valence-electron chi connectivity index (χ4n) is 1.90. The van der Waals surface area contributed by atoms with Crippen LogP contribution in [0, 0.1) is 17.2 Å². The number of nitriles is 1. The van der Waals surface area contributed by atoms with Gasteiger partial charge in [-0.1, -0.05) is 17.7 Å². The molecule has 0 saturated heterocycles. The number of aryl methyl sites for hydroxylation is 1. The van der Waals surface area contributed by atoms with Crippen molar-refractivity contribution in [1.82, 2.24) is 0 Å². The van der Waals surface area contributed by atoms with Crippen molar-refractivity contribution >= 4 is 17.4 Å². The van der Waals surface area contributed by atoms with E-state index in [-0.39, 0.29) is 11.7 Å². The first kappa shape index (κ1) is 10.2. The number of Topliss-reactive ketones (excluding diaryl/α,β-unsaturated/α-hetero) is 1. The van der Waals surface area contributed by atoms with Crippen molar-refractivity contribution in [2.24, 2.45) is 5.92 Å². The molecule has 1 unspecified atom stereocenters. The summed E-state index contributed by atoms with van der Waals surface area (Å²) in [5.41, 5.74) is 1.71. The third kappa shape index (κ3) is 2.03. The Labute approximate surface area is 93.5 Å². The topological polar surface area (TPSA) is 40.9 Å². The standard InChI is InChI=1S/C12H10ClNO/c13-10-4-3-9-2-1-8(7-14)5-12(15)11(9)6-10/h3-4,6,8H,1-2,5H2. The molecule has 0 saturated carbocycles. The second-order valence-electron chi connectivity index (χ2n) is 3.79. The van der Waals surface area contributed by atoms with Crippen LogP contribution >= 0.6 is 11.6 Å². The van der Waals surface area contributed by atoms with Gasteiger partial charge in [0.15, 0.2) is 5.78 Å². The predicted molar refractivity (Wildman–Crippen MR) is 57.8 cm³/mol. The quantitative estimate of drug-likeness (QED) is 0.630. The van der Waals surface area contributed by atoms with Gasteiger partial charge in [0.1, 0.15) is 0 Å². The van der Waals surface area contributed by atoms with E-state index in [9.17, 15) is 4.79 Å². The van der Waals surface area contributed by atoms with E-state index in [1.807, 2.05) is 6.07 Å². The highest BCUT2D eigenvalue weighted by atomic mass is 35.5. The van der Waals surface area contributed by atoms with Crippen LogP contribution in [0.5, 0.6) is 0 Å². The van der Waals surface area contributed by atoms with Gasteiger partial charge in [-0.15, -0.1) is 0 Å². The summed E-state index contributed by atoms with van der Waals surface area (Å²) in [6.07, 6.45) is 1.87. The second-order valence-corrected chi connectivity index (χ2v) is 4.23. The number of ketones is 1. The Morgan fingerprint density at radius 2 is 2.27 bits per heavy atom. The molecule has 0 amide bonds. The molecule has 1 atom stereocenters. The molecule has 3 heteroatoms. The van der Waals surface area contributed by atoms with E-state index >= 15 is 0 Å². The van der Waals surface area contributed by atoms with Gasteiger partial charge in [-0.3, -0.25) is 4.79 Å². The van der Waals surface area contributed by atoms with E-state index in [0.29, 0.717) is 17.0 Å². The number of benzene rings is 1. The van der Waals surface area contributed by atoms with Gasteiger partial charge in [0, 0.05) is 17.0 Å². The Balaban J connectivity index is 2.41. The minimum absolute atomic E-state index is 0.0385. The maximum Gasteiger partial charge on any atom is 0.164 e. The van der Waals surface area contributed by atoms with Gasteiger partial charge in [0.05, 0.1) is 12.0 Å². The lowest BCUT2D eigenvalue weighted by atomic mass is 10.0. The zero-order valence-corrected chi connectivity index (χ0v) is 8.92. The molecule has 0 spiro atoms. The summed E-state index contributed by atoms with van der Waals surface area (Å²) in [7, 11) is 0. The maximum absolute atomic E-state index is 11.8. The van der Waals surface area contributed by atoms with Crippen molar-refractivity contribution in [3.05, 3.63) is 34.3 Å².